The van der Waals surface area contributed by atoms with E-state index < -0.39 is 42.1 Å². The van der Waals surface area contributed by atoms with Gasteiger partial charge in [-0.3, -0.25) is 14.4 Å². The molecule has 10 nitrogen and oxygen atoms in total. The maximum atomic E-state index is 12.7. The standard InChI is InChI=1S/C29H47NO9/c1-19(16-20(2)29(36)24(37-4)14-9-7-8-10-15-26(33)38-5)28(35)21(3)23(31)13-11-12-22(17-25(30)32)18-27(34)39-6/h9-10,14-16,20-22,24,28-29,35-36H,7-8,11-13,17-18H2,1-6H3,(H2,30,32). The number of carbonyl (C=O) groups excluding carboxylic acids is 4. The first kappa shape index (κ1) is 36.2. The highest BCUT2D eigenvalue weighted by Crippen LogP contribution is 2.23. The molecule has 0 aliphatic rings. The van der Waals surface area contributed by atoms with Crippen molar-refractivity contribution >= 4 is 23.6 Å². The van der Waals surface area contributed by atoms with E-state index in [1.807, 2.05) is 6.08 Å². The van der Waals surface area contributed by atoms with Crippen LogP contribution in [-0.4, -0.2) is 73.5 Å². The van der Waals surface area contributed by atoms with Gasteiger partial charge in [-0.15, -0.1) is 0 Å². The number of allylic oxidation sites excluding steroid dienone is 2. The van der Waals surface area contributed by atoms with E-state index in [9.17, 15) is 29.4 Å². The molecular formula is C29H47NO9. The molecule has 0 radical (unpaired) electrons. The quantitative estimate of drug-likeness (QED) is 0.0890. The van der Waals surface area contributed by atoms with Gasteiger partial charge in [-0.25, -0.2) is 4.79 Å². The van der Waals surface area contributed by atoms with Crippen LogP contribution in [0.5, 0.6) is 0 Å². The molecule has 0 rings (SSSR count). The number of amides is 1. The van der Waals surface area contributed by atoms with Crippen LogP contribution in [0.15, 0.2) is 36.0 Å². The van der Waals surface area contributed by atoms with Crippen molar-refractivity contribution in [2.45, 2.75) is 84.0 Å². The number of rotatable bonds is 20. The zero-order valence-corrected chi connectivity index (χ0v) is 24.1. The van der Waals surface area contributed by atoms with E-state index in [0.29, 0.717) is 31.3 Å². The van der Waals surface area contributed by atoms with Gasteiger partial charge < -0.3 is 30.2 Å². The van der Waals surface area contributed by atoms with E-state index in [1.54, 1.807) is 39.0 Å². The molecule has 6 unspecified atom stereocenters. The summed E-state index contributed by atoms with van der Waals surface area (Å²) in [6.45, 7) is 5.16. The Labute approximate surface area is 232 Å². The van der Waals surface area contributed by atoms with Crippen LogP contribution in [0.25, 0.3) is 0 Å². The highest BCUT2D eigenvalue weighted by molar-refractivity contribution is 5.82. The molecule has 222 valence electrons. The largest absolute Gasteiger partial charge is 0.469 e. The van der Waals surface area contributed by atoms with Gasteiger partial charge >= 0.3 is 11.9 Å². The maximum absolute atomic E-state index is 12.7. The van der Waals surface area contributed by atoms with Crippen molar-refractivity contribution in [2.24, 2.45) is 23.5 Å². The number of nitrogens with two attached hydrogens (primary N) is 1. The Hall–Kier alpha value is -2.82. The van der Waals surface area contributed by atoms with Crippen molar-refractivity contribution < 1.29 is 43.6 Å². The lowest BCUT2D eigenvalue weighted by Gasteiger charge is -2.25. The Morgan fingerprint density at radius 2 is 1.59 bits per heavy atom. The fourth-order valence-electron chi connectivity index (χ4n) is 4.16. The lowest BCUT2D eigenvalue weighted by atomic mass is 9.87. The van der Waals surface area contributed by atoms with Crippen LogP contribution in [0.3, 0.4) is 0 Å². The molecule has 0 spiro atoms. The molecule has 0 aromatic rings. The molecular weight excluding hydrogens is 506 g/mol. The summed E-state index contributed by atoms with van der Waals surface area (Å²) in [5.41, 5.74) is 5.82. The lowest BCUT2D eigenvalue weighted by molar-refractivity contribution is -0.142. The number of ether oxygens (including phenoxy) is 3. The van der Waals surface area contributed by atoms with E-state index in [1.165, 1.54) is 27.4 Å². The van der Waals surface area contributed by atoms with Crippen LogP contribution in [0.1, 0.15) is 65.7 Å². The number of aliphatic hydroxyl groups excluding tert-OH is 2. The second-order valence-corrected chi connectivity index (χ2v) is 9.80. The van der Waals surface area contributed by atoms with Crippen LogP contribution in [0.2, 0.25) is 0 Å². The Bertz CT molecular complexity index is 865. The van der Waals surface area contributed by atoms with Gasteiger partial charge in [0.1, 0.15) is 11.9 Å². The molecule has 0 bridgehead atoms. The minimum Gasteiger partial charge on any atom is -0.469 e. The molecule has 0 aliphatic heterocycles. The third-order valence-corrected chi connectivity index (χ3v) is 6.61. The van der Waals surface area contributed by atoms with Gasteiger partial charge in [0, 0.05) is 44.3 Å². The topological polar surface area (TPSA) is 162 Å². The highest BCUT2D eigenvalue weighted by Gasteiger charge is 2.26. The minimum atomic E-state index is -1.03. The Balaban J connectivity index is 4.93. The molecule has 0 aromatic heterocycles. The number of esters is 2. The highest BCUT2D eigenvalue weighted by atomic mass is 16.5. The summed E-state index contributed by atoms with van der Waals surface area (Å²) in [5, 5.41) is 21.5. The first-order chi connectivity index (χ1) is 18.4. The average molecular weight is 554 g/mol. The SMILES string of the molecule is COC(=O)C=CCCC=CC(OC)C(O)C(C)C=C(C)C(O)C(C)C(=O)CCCC(CC(N)=O)CC(=O)OC. The van der Waals surface area contributed by atoms with E-state index in [4.69, 9.17) is 10.5 Å². The molecule has 0 fully saturated rings. The number of primary amides is 1. The second-order valence-electron chi connectivity index (χ2n) is 9.80. The zero-order chi connectivity index (χ0) is 30.0. The maximum Gasteiger partial charge on any atom is 0.330 e. The zero-order valence-electron chi connectivity index (χ0n) is 24.1. The van der Waals surface area contributed by atoms with E-state index in [-0.39, 0.29) is 36.9 Å². The monoisotopic (exact) mass is 553 g/mol. The molecule has 0 aliphatic carbocycles. The third kappa shape index (κ3) is 15.4. The summed E-state index contributed by atoms with van der Waals surface area (Å²) in [7, 11) is 4.08. The summed E-state index contributed by atoms with van der Waals surface area (Å²) in [5.74, 6) is -2.85. The van der Waals surface area contributed by atoms with Crippen molar-refractivity contribution in [1.82, 2.24) is 0 Å². The van der Waals surface area contributed by atoms with Gasteiger partial charge in [-0.2, -0.15) is 0 Å². The molecule has 0 saturated heterocycles. The summed E-state index contributed by atoms with van der Waals surface area (Å²) in [4.78, 5) is 46.6. The summed E-state index contributed by atoms with van der Waals surface area (Å²) < 4.78 is 14.6. The van der Waals surface area contributed by atoms with Gasteiger partial charge in [-0.05, 0) is 44.1 Å². The fraction of sp³-hybridized carbons (Fsp3) is 0.655. The molecule has 10 heteroatoms. The molecule has 39 heavy (non-hydrogen) atoms. The van der Waals surface area contributed by atoms with Crippen LogP contribution in [0.4, 0.5) is 0 Å². The molecule has 0 heterocycles. The van der Waals surface area contributed by atoms with Gasteiger partial charge in [0.25, 0.3) is 0 Å². The number of Topliss-reactive ketones (excluding diaryl/α,β-unsaturated/α-hetero) is 1. The predicted molar refractivity (Wildman–Crippen MR) is 147 cm³/mol. The normalized spacial score (nSPS) is 16.9. The number of methoxy groups -OCH3 is 3. The van der Waals surface area contributed by atoms with Crippen molar-refractivity contribution in [3.63, 3.8) is 0 Å². The average Bonchev–Trinajstić information content (AvgIpc) is 2.90. The molecule has 4 N–H and O–H groups in total. The summed E-state index contributed by atoms with van der Waals surface area (Å²) in [6, 6.07) is 0. The van der Waals surface area contributed by atoms with Crippen LogP contribution >= 0.6 is 0 Å². The fourth-order valence-corrected chi connectivity index (χ4v) is 4.16. The van der Waals surface area contributed by atoms with Crippen molar-refractivity contribution in [3.8, 4) is 0 Å². The van der Waals surface area contributed by atoms with Crippen molar-refractivity contribution in [3.05, 3.63) is 36.0 Å². The molecule has 0 saturated carbocycles. The van der Waals surface area contributed by atoms with Gasteiger partial charge in [-0.1, -0.05) is 38.2 Å². The van der Waals surface area contributed by atoms with E-state index in [2.05, 4.69) is 9.47 Å². The Morgan fingerprint density at radius 3 is 2.15 bits per heavy atom. The smallest absolute Gasteiger partial charge is 0.330 e. The summed E-state index contributed by atoms with van der Waals surface area (Å²) in [6.07, 6.45) is 8.36. The molecule has 1 amide bonds. The van der Waals surface area contributed by atoms with Crippen LogP contribution < -0.4 is 5.73 Å². The lowest BCUT2D eigenvalue weighted by Crippen LogP contribution is -2.32. The Kier molecular flexibility index (Phi) is 18.7. The van der Waals surface area contributed by atoms with Gasteiger partial charge in [0.15, 0.2) is 0 Å². The van der Waals surface area contributed by atoms with E-state index in [0.717, 1.165) is 0 Å². The molecule has 0 aromatic carbocycles. The van der Waals surface area contributed by atoms with Crippen LogP contribution in [-0.2, 0) is 33.4 Å². The number of ketones is 1. The number of unbranched alkanes of at least 4 members (excludes halogenated alkanes) is 1. The predicted octanol–water partition coefficient (Wildman–Crippen LogP) is 2.80. The first-order valence-corrected chi connectivity index (χ1v) is 13.2. The van der Waals surface area contributed by atoms with Crippen LogP contribution in [0, 0.1) is 17.8 Å². The number of carbonyl (C=O) groups is 4. The molecule has 6 atom stereocenters. The summed E-state index contributed by atoms with van der Waals surface area (Å²) >= 11 is 0. The number of hydrogen-bond donors (Lipinski definition) is 3. The van der Waals surface area contributed by atoms with Crippen molar-refractivity contribution in [1.29, 1.82) is 0 Å². The second kappa shape index (κ2) is 20.1. The van der Waals surface area contributed by atoms with Crippen molar-refractivity contribution in [2.75, 3.05) is 21.3 Å². The van der Waals surface area contributed by atoms with E-state index >= 15 is 0 Å². The number of aliphatic hydroxyl groups is 2. The van der Waals surface area contributed by atoms with Gasteiger partial charge in [0.05, 0.1) is 26.4 Å². The first-order valence-electron chi connectivity index (χ1n) is 13.2. The third-order valence-electron chi connectivity index (χ3n) is 6.61. The van der Waals surface area contributed by atoms with Gasteiger partial charge in [0.2, 0.25) is 5.91 Å². The Morgan fingerprint density at radius 1 is 0.949 bits per heavy atom. The number of hydrogen-bond acceptors (Lipinski definition) is 9. The minimum absolute atomic E-state index is 0.0353.